The van der Waals surface area contributed by atoms with Crippen LogP contribution in [0.15, 0.2) is 18.2 Å². The molecule has 0 bridgehead atoms. The fraction of sp³-hybridized carbons (Fsp3) is 0.625. The van der Waals surface area contributed by atoms with Gasteiger partial charge >= 0.3 is 0 Å². The van der Waals surface area contributed by atoms with Crippen LogP contribution in [0, 0.1) is 5.82 Å². The molecular formula is C16H24ClFN2O2. The van der Waals surface area contributed by atoms with Gasteiger partial charge in [-0.25, -0.2) is 4.39 Å². The van der Waals surface area contributed by atoms with Crippen molar-refractivity contribution >= 4 is 11.6 Å². The summed E-state index contributed by atoms with van der Waals surface area (Å²) >= 11 is 5.80. The van der Waals surface area contributed by atoms with E-state index >= 15 is 0 Å². The van der Waals surface area contributed by atoms with Crippen molar-refractivity contribution in [3.8, 4) is 0 Å². The van der Waals surface area contributed by atoms with Gasteiger partial charge in [-0.05, 0) is 30.7 Å². The van der Waals surface area contributed by atoms with Gasteiger partial charge in [-0.2, -0.15) is 0 Å². The summed E-state index contributed by atoms with van der Waals surface area (Å²) in [5.74, 6) is -0.368. The Morgan fingerprint density at radius 3 is 2.73 bits per heavy atom. The lowest BCUT2D eigenvalue weighted by Crippen LogP contribution is -2.40. The molecule has 1 aromatic rings. The maximum atomic E-state index is 13.8. The van der Waals surface area contributed by atoms with Crippen molar-refractivity contribution in [2.24, 2.45) is 0 Å². The van der Waals surface area contributed by atoms with Gasteiger partial charge in [0.2, 0.25) is 0 Å². The molecule has 124 valence electrons. The predicted octanol–water partition coefficient (Wildman–Crippen LogP) is 2.82. The van der Waals surface area contributed by atoms with Crippen LogP contribution in [0.5, 0.6) is 0 Å². The smallest absolute Gasteiger partial charge is 0.169 e. The van der Waals surface area contributed by atoms with Crippen molar-refractivity contribution in [1.29, 1.82) is 0 Å². The predicted molar refractivity (Wildman–Crippen MR) is 85.6 cm³/mol. The van der Waals surface area contributed by atoms with Gasteiger partial charge in [0.1, 0.15) is 5.82 Å². The molecule has 1 heterocycles. The number of nitrogens with zero attached hydrogens (tertiary/aromatic N) is 1. The zero-order valence-electron chi connectivity index (χ0n) is 13.3. The summed E-state index contributed by atoms with van der Waals surface area (Å²) in [4.78, 5) is 2.34. The number of benzene rings is 1. The second-order valence-electron chi connectivity index (χ2n) is 5.45. The molecule has 1 aromatic carbocycles. The average molecular weight is 331 g/mol. The summed E-state index contributed by atoms with van der Waals surface area (Å²) in [6.45, 7) is 4.62. The van der Waals surface area contributed by atoms with Crippen LogP contribution >= 0.6 is 11.6 Å². The van der Waals surface area contributed by atoms with Crippen LogP contribution in [0.1, 0.15) is 24.9 Å². The zero-order chi connectivity index (χ0) is 16.1. The molecule has 0 aromatic heterocycles. The van der Waals surface area contributed by atoms with E-state index in [0.29, 0.717) is 6.54 Å². The lowest BCUT2D eigenvalue weighted by molar-refractivity contribution is -0.100. The molecule has 2 rings (SSSR count). The largest absolute Gasteiger partial charge is 0.355 e. The minimum atomic E-state index is -0.368. The molecule has 1 saturated heterocycles. The molecule has 0 saturated carbocycles. The number of rotatable bonds is 7. The van der Waals surface area contributed by atoms with Gasteiger partial charge in [-0.1, -0.05) is 24.6 Å². The highest BCUT2D eigenvalue weighted by Crippen LogP contribution is 2.33. The van der Waals surface area contributed by atoms with Crippen LogP contribution < -0.4 is 5.32 Å². The Labute approximate surface area is 136 Å². The van der Waals surface area contributed by atoms with Crippen molar-refractivity contribution in [3.63, 3.8) is 0 Å². The molecule has 6 heteroatoms. The summed E-state index contributed by atoms with van der Waals surface area (Å²) in [7, 11) is 3.24. The quantitative estimate of drug-likeness (QED) is 0.780. The van der Waals surface area contributed by atoms with E-state index in [1.807, 2.05) is 6.07 Å². The lowest BCUT2D eigenvalue weighted by Gasteiger charge is -2.29. The number of halogens is 2. The maximum Gasteiger partial charge on any atom is 0.169 e. The van der Waals surface area contributed by atoms with Crippen LogP contribution in [-0.4, -0.2) is 51.1 Å². The summed E-state index contributed by atoms with van der Waals surface area (Å²) < 4.78 is 24.2. The highest BCUT2D eigenvalue weighted by atomic mass is 35.5. The number of likely N-dealkylation sites (tertiary alicyclic amines) is 1. The van der Waals surface area contributed by atoms with E-state index in [1.54, 1.807) is 26.4 Å². The first-order valence-corrected chi connectivity index (χ1v) is 7.96. The minimum absolute atomic E-state index is 0.131. The zero-order valence-corrected chi connectivity index (χ0v) is 14.1. The second kappa shape index (κ2) is 8.22. The summed E-state index contributed by atoms with van der Waals surface area (Å²) in [6, 6.07) is 5.44. The fourth-order valence-corrected chi connectivity index (χ4v) is 3.19. The fourth-order valence-electron chi connectivity index (χ4n) is 3.07. The third-order valence-corrected chi connectivity index (χ3v) is 4.57. The third kappa shape index (κ3) is 3.97. The Balaban J connectivity index is 2.13. The van der Waals surface area contributed by atoms with Gasteiger partial charge in [0.25, 0.3) is 0 Å². The highest BCUT2D eigenvalue weighted by Gasteiger charge is 2.34. The molecule has 1 N–H and O–H groups in total. The minimum Gasteiger partial charge on any atom is -0.355 e. The van der Waals surface area contributed by atoms with Crippen molar-refractivity contribution in [2.75, 3.05) is 33.9 Å². The van der Waals surface area contributed by atoms with Crippen LogP contribution in [-0.2, 0) is 9.47 Å². The molecule has 0 spiro atoms. The number of ether oxygens (including phenoxy) is 2. The molecule has 22 heavy (non-hydrogen) atoms. The molecule has 2 atom stereocenters. The molecule has 0 aliphatic carbocycles. The Morgan fingerprint density at radius 2 is 2.14 bits per heavy atom. The van der Waals surface area contributed by atoms with E-state index in [4.69, 9.17) is 21.1 Å². The van der Waals surface area contributed by atoms with E-state index in [0.717, 1.165) is 25.1 Å². The standard InChI is InChI=1S/C16H24ClFN2O2/c1-4-20-8-7-14(19-10-15(21-2)22-3)16(20)11-5-6-12(17)13(18)9-11/h5-6,9,14-16,19H,4,7-8,10H2,1-3H3/t14-,16-/m1/s1. The maximum absolute atomic E-state index is 13.8. The van der Waals surface area contributed by atoms with E-state index in [2.05, 4.69) is 17.1 Å². The normalized spacial score (nSPS) is 22.6. The Hall–Kier alpha value is -0.720. The Bertz CT molecular complexity index is 485. The van der Waals surface area contributed by atoms with Gasteiger partial charge in [-0.15, -0.1) is 0 Å². The number of methoxy groups -OCH3 is 2. The Morgan fingerprint density at radius 1 is 1.41 bits per heavy atom. The van der Waals surface area contributed by atoms with E-state index in [1.165, 1.54) is 0 Å². The number of hydrogen-bond acceptors (Lipinski definition) is 4. The van der Waals surface area contributed by atoms with Crippen LogP contribution in [0.2, 0.25) is 5.02 Å². The van der Waals surface area contributed by atoms with E-state index < -0.39 is 0 Å². The van der Waals surface area contributed by atoms with Crippen LogP contribution in [0.4, 0.5) is 4.39 Å². The van der Waals surface area contributed by atoms with Crippen LogP contribution in [0.25, 0.3) is 0 Å². The highest BCUT2D eigenvalue weighted by molar-refractivity contribution is 6.30. The number of hydrogen-bond donors (Lipinski definition) is 1. The molecule has 4 nitrogen and oxygen atoms in total. The number of likely N-dealkylation sites (N-methyl/N-ethyl adjacent to an activating group) is 1. The molecule has 1 aliphatic heterocycles. The van der Waals surface area contributed by atoms with E-state index in [-0.39, 0.29) is 29.2 Å². The molecule has 1 aliphatic rings. The van der Waals surface area contributed by atoms with Crippen molar-refractivity contribution < 1.29 is 13.9 Å². The van der Waals surface area contributed by atoms with Crippen molar-refractivity contribution in [2.45, 2.75) is 31.7 Å². The summed E-state index contributed by atoms with van der Waals surface area (Å²) in [5, 5.41) is 3.64. The van der Waals surface area contributed by atoms with Gasteiger partial charge in [0.05, 0.1) is 11.1 Å². The lowest BCUT2D eigenvalue weighted by atomic mass is 10.00. The average Bonchev–Trinajstić information content (AvgIpc) is 2.94. The molecule has 1 fully saturated rings. The van der Waals surface area contributed by atoms with Gasteiger partial charge in [0.15, 0.2) is 6.29 Å². The van der Waals surface area contributed by atoms with E-state index in [9.17, 15) is 4.39 Å². The van der Waals surface area contributed by atoms with Gasteiger partial charge < -0.3 is 14.8 Å². The van der Waals surface area contributed by atoms with Crippen molar-refractivity contribution in [1.82, 2.24) is 10.2 Å². The molecular weight excluding hydrogens is 307 g/mol. The topological polar surface area (TPSA) is 33.7 Å². The first-order valence-electron chi connectivity index (χ1n) is 7.58. The van der Waals surface area contributed by atoms with Crippen molar-refractivity contribution in [3.05, 3.63) is 34.6 Å². The monoisotopic (exact) mass is 330 g/mol. The molecule has 0 radical (unpaired) electrons. The third-order valence-electron chi connectivity index (χ3n) is 4.27. The molecule has 0 unspecified atom stereocenters. The first-order chi connectivity index (χ1) is 10.6. The number of nitrogens with one attached hydrogen (secondary N) is 1. The Kier molecular flexibility index (Phi) is 6.59. The van der Waals surface area contributed by atoms with Gasteiger partial charge in [0, 0.05) is 33.4 Å². The summed E-state index contributed by atoms with van der Waals surface area (Å²) in [6.07, 6.45) is 0.724. The first kappa shape index (κ1) is 17.6. The SMILES string of the molecule is CCN1CC[C@@H](NCC(OC)OC)[C@H]1c1ccc(Cl)c(F)c1. The van der Waals surface area contributed by atoms with Gasteiger partial charge in [-0.3, -0.25) is 4.90 Å². The molecule has 0 amide bonds. The second-order valence-corrected chi connectivity index (χ2v) is 5.86. The van der Waals surface area contributed by atoms with Crippen LogP contribution in [0.3, 0.4) is 0 Å². The summed E-state index contributed by atoms with van der Waals surface area (Å²) in [5.41, 5.74) is 0.949.